The summed E-state index contributed by atoms with van der Waals surface area (Å²) in [5, 5.41) is 10.8. The maximum atomic E-state index is 13.9. The molecule has 20 heteroatoms. The SMILES string of the molecule is CNCC(=O)NCC=O.CNCC(=O)Nc1cc(COc2cc(N=CC3Cc4ccccc4N3C=O)c(C)cc2OC)cc(COc2cc3c(cc2OC)C(=O)N2c4ccccc4C[C@H]2C=N3)c1.COC(=O)CCCCC=O. The summed E-state index contributed by atoms with van der Waals surface area (Å²) < 4.78 is 28.5. The van der Waals surface area contributed by atoms with Crippen LogP contribution in [0.3, 0.4) is 0 Å². The number of aldehydes is 2. The van der Waals surface area contributed by atoms with E-state index in [1.165, 1.54) is 14.2 Å². The molecule has 1 unspecified atom stereocenters. The minimum atomic E-state index is -0.214. The number of esters is 1. The minimum Gasteiger partial charge on any atom is -0.493 e. The van der Waals surface area contributed by atoms with Crippen LogP contribution in [0.1, 0.15) is 63.9 Å². The van der Waals surface area contributed by atoms with Crippen LogP contribution in [-0.2, 0) is 59.6 Å². The number of unbranched alkanes of at least 4 members (excludes halogenated alkanes) is 2. The Bertz CT molecular complexity index is 3000. The highest BCUT2D eigenvalue weighted by molar-refractivity contribution is 6.14. The minimum absolute atomic E-state index is 0.0977. The summed E-state index contributed by atoms with van der Waals surface area (Å²) in [6.07, 6.45) is 9.80. The van der Waals surface area contributed by atoms with Crippen molar-refractivity contribution < 1.29 is 57.2 Å². The molecule has 4 N–H and O–H groups in total. The number of amides is 4. The number of likely N-dealkylation sites (N-methyl/N-ethyl adjacent to an activating group) is 2. The molecule has 410 valence electrons. The quantitative estimate of drug-likeness (QED) is 0.0241. The smallest absolute Gasteiger partial charge is 0.305 e. The number of hydrogen-bond donors (Lipinski definition) is 4. The highest BCUT2D eigenvalue weighted by Crippen LogP contribution is 2.42. The van der Waals surface area contributed by atoms with Crippen molar-refractivity contribution in [3.05, 3.63) is 124 Å². The molecule has 0 bridgehead atoms. The van der Waals surface area contributed by atoms with Crippen molar-refractivity contribution in [2.45, 2.75) is 70.7 Å². The van der Waals surface area contributed by atoms with Gasteiger partial charge >= 0.3 is 5.97 Å². The zero-order valence-electron chi connectivity index (χ0n) is 44.7. The second kappa shape index (κ2) is 29.5. The molecule has 5 aromatic carbocycles. The number of fused-ring (bicyclic) bond motifs is 5. The molecule has 0 aliphatic carbocycles. The largest absolute Gasteiger partial charge is 0.493 e. The normalized spacial score (nSPS) is 14.4. The van der Waals surface area contributed by atoms with E-state index in [9.17, 15) is 33.6 Å². The summed E-state index contributed by atoms with van der Waals surface area (Å²) in [4.78, 5) is 92.0. The van der Waals surface area contributed by atoms with Crippen molar-refractivity contribution in [1.82, 2.24) is 16.0 Å². The van der Waals surface area contributed by atoms with Crippen LogP contribution in [0.15, 0.2) is 101 Å². The molecular formula is C58H66N8O12. The summed E-state index contributed by atoms with van der Waals surface area (Å²) in [5.41, 5.74) is 8.51. The third-order valence-corrected chi connectivity index (χ3v) is 12.5. The number of carbonyl (C=O) groups is 7. The van der Waals surface area contributed by atoms with E-state index in [4.69, 9.17) is 28.9 Å². The number of anilines is 3. The number of nitrogens with zero attached hydrogens (tertiary/aromatic N) is 4. The first-order valence-electron chi connectivity index (χ1n) is 25.3. The van der Waals surface area contributed by atoms with Crippen LogP contribution in [0.2, 0.25) is 0 Å². The number of ether oxygens (including phenoxy) is 5. The highest BCUT2D eigenvalue weighted by atomic mass is 16.5. The Balaban J connectivity index is 0.000000441. The van der Waals surface area contributed by atoms with Gasteiger partial charge in [0, 0.05) is 67.3 Å². The molecule has 0 aromatic heterocycles. The molecule has 20 nitrogen and oxygen atoms in total. The molecule has 2 atom stereocenters. The predicted molar refractivity (Wildman–Crippen MR) is 297 cm³/mol. The van der Waals surface area contributed by atoms with E-state index in [0.29, 0.717) is 77.6 Å². The Hall–Kier alpha value is -8.75. The van der Waals surface area contributed by atoms with Gasteiger partial charge in [-0.25, -0.2) is 0 Å². The third kappa shape index (κ3) is 15.7. The number of methoxy groups -OCH3 is 3. The van der Waals surface area contributed by atoms with Gasteiger partial charge in [0.25, 0.3) is 5.91 Å². The number of aliphatic imine (C=N–C) groups is 2. The Morgan fingerprint density at radius 3 is 2.03 bits per heavy atom. The molecule has 0 fully saturated rings. The Morgan fingerprint density at radius 1 is 0.744 bits per heavy atom. The Morgan fingerprint density at radius 2 is 1.38 bits per heavy atom. The van der Waals surface area contributed by atoms with Crippen molar-refractivity contribution in [1.29, 1.82) is 0 Å². The number of nitrogens with one attached hydrogen (secondary N) is 4. The molecule has 0 saturated carbocycles. The number of rotatable bonds is 23. The summed E-state index contributed by atoms with van der Waals surface area (Å²) in [6.45, 7) is 2.65. The maximum Gasteiger partial charge on any atom is 0.305 e. The van der Waals surface area contributed by atoms with Crippen LogP contribution in [0.4, 0.5) is 28.4 Å². The molecular weight excluding hydrogens is 1000 g/mol. The van der Waals surface area contributed by atoms with Gasteiger partial charge in [-0.15, -0.1) is 0 Å². The number of carbonyl (C=O) groups excluding carboxylic acids is 7. The van der Waals surface area contributed by atoms with Crippen molar-refractivity contribution in [2.75, 3.05) is 70.2 Å². The molecule has 0 saturated heterocycles. The first-order valence-corrected chi connectivity index (χ1v) is 25.3. The Kier molecular flexibility index (Phi) is 22.1. The van der Waals surface area contributed by atoms with Gasteiger partial charge in [0.15, 0.2) is 23.0 Å². The number of benzene rings is 5. The lowest BCUT2D eigenvalue weighted by atomic mass is 10.1. The first kappa shape index (κ1) is 58.5. The summed E-state index contributed by atoms with van der Waals surface area (Å²) >= 11 is 0. The fourth-order valence-corrected chi connectivity index (χ4v) is 8.78. The van der Waals surface area contributed by atoms with Gasteiger partial charge in [-0.2, -0.15) is 0 Å². The van der Waals surface area contributed by atoms with E-state index < -0.39 is 0 Å². The molecule has 0 radical (unpaired) electrons. The molecule has 3 aliphatic rings. The van der Waals surface area contributed by atoms with E-state index >= 15 is 0 Å². The second-order valence-corrected chi connectivity index (χ2v) is 18.0. The molecule has 78 heavy (non-hydrogen) atoms. The van der Waals surface area contributed by atoms with Crippen LogP contribution in [-0.4, -0.2) is 122 Å². The summed E-state index contributed by atoms with van der Waals surface area (Å²) in [6, 6.07) is 28.1. The lowest BCUT2D eigenvalue weighted by molar-refractivity contribution is -0.140. The topological polar surface area (TPSA) is 245 Å². The molecule has 8 rings (SSSR count). The fourth-order valence-electron chi connectivity index (χ4n) is 8.78. The van der Waals surface area contributed by atoms with Gasteiger partial charge in [0.2, 0.25) is 18.2 Å². The third-order valence-electron chi connectivity index (χ3n) is 12.5. The lowest BCUT2D eigenvalue weighted by Gasteiger charge is -2.22. The fraction of sp³-hybridized carbons (Fsp3) is 0.328. The first-order chi connectivity index (χ1) is 37.9. The monoisotopic (exact) mass is 1070 g/mol. The van der Waals surface area contributed by atoms with Gasteiger partial charge in [0.05, 0.1) is 70.0 Å². The molecule has 5 aromatic rings. The standard InChI is InChI=1S/C46H44N6O7.C7H12O3.C5H10N2O2/c1-28-13-41(56-3)43(20-37(28)48-22-34-17-31-9-5-7-11-39(31)51(34)27-53)58-25-29-14-30(16-33(15-29)50-45(54)24-47-2)26-59-44-21-38-36(19-42(44)57-4)46(55)52-35(23-49-38)18-32-10-6-8-12-40(32)52;1-10-7(9)5-3-2-4-6-8;1-6-4-5(9)7-2-3-8/h5-16,19-23,27,34-35,47H,17-18,24-26H2,1-4H3,(H,50,54);6H,2-5H2,1H3;3,6H,2,4H2,1H3,(H,7,9)/t34?,35-;;/m0../s1. The zero-order chi connectivity index (χ0) is 56.0. The van der Waals surface area contributed by atoms with Crippen LogP contribution in [0.25, 0.3) is 0 Å². The van der Waals surface area contributed by atoms with Gasteiger partial charge < -0.3 is 59.4 Å². The average molecular weight is 1070 g/mol. The molecule has 3 heterocycles. The lowest BCUT2D eigenvalue weighted by Crippen LogP contribution is -2.37. The van der Waals surface area contributed by atoms with Crippen molar-refractivity contribution in [3.8, 4) is 23.0 Å². The van der Waals surface area contributed by atoms with Crippen molar-refractivity contribution >= 4 is 83.5 Å². The van der Waals surface area contributed by atoms with Gasteiger partial charge in [-0.3, -0.25) is 38.9 Å². The van der Waals surface area contributed by atoms with E-state index in [2.05, 4.69) is 26.0 Å². The highest BCUT2D eigenvalue weighted by Gasteiger charge is 2.36. The maximum absolute atomic E-state index is 13.9. The van der Waals surface area contributed by atoms with E-state index in [1.807, 2.05) is 92.0 Å². The predicted octanol–water partition coefficient (Wildman–Crippen LogP) is 6.35. The summed E-state index contributed by atoms with van der Waals surface area (Å²) in [5.74, 6) is 1.08. The second-order valence-electron chi connectivity index (χ2n) is 18.0. The van der Waals surface area contributed by atoms with E-state index in [1.54, 1.807) is 49.4 Å². The van der Waals surface area contributed by atoms with Crippen LogP contribution in [0, 0.1) is 6.92 Å². The van der Waals surface area contributed by atoms with E-state index in [0.717, 1.165) is 64.7 Å². The number of hydrogen-bond acceptors (Lipinski definition) is 16. The van der Waals surface area contributed by atoms with E-state index in [-0.39, 0.29) is 68.6 Å². The summed E-state index contributed by atoms with van der Waals surface area (Å²) in [7, 11) is 7.85. The van der Waals surface area contributed by atoms with Gasteiger partial charge in [-0.05, 0) is 104 Å². The molecule has 3 aliphatic heterocycles. The van der Waals surface area contributed by atoms with Crippen molar-refractivity contribution in [3.63, 3.8) is 0 Å². The van der Waals surface area contributed by atoms with Crippen LogP contribution in [0.5, 0.6) is 23.0 Å². The number of para-hydroxylation sites is 2. The zero-order valence-corrected chi connectivity index (χ0v) is 44.7. The van der Waals surface area contributed by atoms with Crippen molar-refractivity contribution in [2.24, 2.45) is 9.98 Å². The van der Waals surface area contributed by atoms with Crippen LogP contribution >= 0.6 is 0 Å². The van der Waals surface area contributed by atoms with Gasteiger partial charge in [0.1, 0.15) is 25.8 Å². The number of aryl methyl sites for hydroxylation is 1. The molecule has 0 spiro atoms. The average Bonchev–Trinajstić information content (AvgIpc) is 4.10. The molecule has 4 amide bonds. The van der Waals surface area contributed by atoms with Gasteiger partial charge in [-0.1, -0.05) is 36.4 Å². The van der Waals surface area contributed by atoms with Crippen LogP contribution < -0.4 is 50.0 Å². The Labute approximate surface area is 453 Å².